The Kier molecular flexibility index (Phi) is 6.31. The lowest BCUT2D eigenvalue weighted by molar-refractivity contribution is -0.321. The van der Waals surface area contributed by atoms with Gasteiger partial charge in [-0.3, -0.25) is 14.4 Å². The molecule has 0 radical (unpaired) electrons. The minimum Gasteiger partial charge on any atom is -0.472 e. The summed E-state index contributed by atoms with van der Waals surface area (Å²) in [6.07, 6.45) is -0.429. The van der Waals surface area contributed by atoms with Crippen LogP contribution < -0.4 is 0 Å². The second-order valence-electron chi connectivity index (χ2n) is 13.7. The molecule has 2 bridgehead atoms. The number of oxime groups is 1. The number of rotatable bonds is 3. The Morgan fingerprint density at radius 3 is 2.32 bits per heavy atom. The van der Waals surface area contributed by atoms with Gasteiger partial charge in [0.05, 0.1) is 43.7 Å². The third-order valence-corrected chi connectivity index (χ3v) is 11.9. The highest BCUT2D eigenvalue weighted by Gasteiger charge is 2.81. The topological polar surface area (TPSA) is 165 Å². The van der Waals surface area contributed by atoms with Crippen molar-refractivity contribution in [2.75, 3.05) is 13.2 Å². The predicted molar refractivity (Wildman–Crippen MR) is 141 cm³/mol. The lowest BCUT2D eigenvalue weighted by atomic mass is 9.33. The highest BCUT2D eigenvalue weighted by molar-refractivity contribution is 5.99. The van der Waals surface area contributed by atoms with Crippen molar-refractivity contribution in [2.24, 2.45) is 44.6 Å². The SMILES string of the molecule is CC(=O)O[C@@H]1C[C@H](O)[C@@]23COC[C@]1(C)[C@@H]2C[C@@H](O)[C@@]1(C)[C@@H]2/C(=N/O)C[C@@H](c4ccoc4)[C@]2(C)[C@@H](OC(C)=O)C(=O)[C@@H]13. The van der Waals surface area contributed by atoms with Crippen LogP contribution in [0.4, 0.5) is 0 Å². The quantitative estimate of drug-likeness (QED) is 0.278. The number of aliphatic hydroxyl groups is 2. The fourth-order valence-corrected chi connectivity index (χ4v) is 10.5. The maximum Gasteiger partial charge on any atom is 0.303 e. The Hall–Kier alpha value is -2.76. The monoisotopic (exact) mass is 573 g/mol. The predicted octanol–water partition coefficient (Wildman–Crippen LogP) is 2.46. The number of carbonyl (C=O) groups excluding carboxylic acids is 3. The summed E-state index contributed by atoms with van der Waals surface area (Å²) in [6, 6.07) is 1.78. The first-order valence-corrected chi connectivity index (χ1v) is 14.3. The van der Waals surface area contributed by atoms with Gasteiger partial charge in [0.15, 0.2) is 11.9 Å². The summed E-state index contributed by atoms with van der Waals surface area (Å²) in [7, 11) is 0. The van der Waals surface area contributed by atoms with E-state index in [1.54, 1.807) is 12.3 Å². The molecule has 5 aliphatic rings. The van der Waals surface area contributed by atoms with Crippen molar-refractivity contribution >= 4 is 23.4 Å². The molecule has 1 aliphatic heterocycles. The van der Waals surface area contributed by atoms with Gasteiger partial charge in [0, 0.05) is 59.7 Å². The van der Waals surface area contributed by atoms with Crippen LogP contribution in [0, 0.1) is 39.4 Å². The maximum atomic E-state index is 15.0. The molecule has 3 N–H and O–H groups in total. The highest BCUT2D eigenvalue weighted by atomic mass is 16.6. The fourth-order valence-electron chi connectivity index (χ4n) is 10.5. The molecule has 6 rings (SSSR count). The third-order valence-electron chi connectivity index (χ3n) is 11.9. The lowest BCUT2D eigenvalue weighted by Crippen LogP contribution is -2.79. The number of hydrogen-bond donors (Lipinski definition) is 3. The van der Waals surface area contributed by atoms with Gasteiger partial charge in [-0.2, -0.15) is 0 Å². The number of ether oxygens (including phenoxy) is 3. The molecule has 4 aliphatic carbocycles. The van der Waals surface area contributed by atoms with Gasteiger partial charge in [-0.1, -0.05) is 25.9 Å². The standard InChI is InChI=1S/C30H39NO10/c1-14(32)40-22-10-21(35)30-13-39-12-27(22,3)19(30)9-20(34)29(5)24-18(31-37)8-17(16-6-7-38-11-16)28(24,4)26(41-15(2)33)23(36)25(29)30/h6-7,11,17,19-22,24-26,34-35,37H,8-10,12-13H2,1-5H3/b31-18+/t17-,19-,20+,21-,22+,24+,25-,26-,27+,28-,29-,30+/m0/s1. The van der Waals surface area contributed by atoms with Gasteiger partial charge in [0.2, 0.25) is 0 Å². The van der Waals surface area contributed by atoms with Gasteiger partial charge in [-0.05, 0) is 30.4 Å². The van der Waals surface area contributed by atoms with Crippen LogP contribution in [0.25, 0.3) is 0 Å². The molecule has 0 unspecified atom stereocenters. The molecule has 0 aromatic carbocycles. The van der Waals surface area contributed by atoms with Gasteiger partial charge in [-0.25, -0.2) is 0 Å². The Labute approximate surface area is 238 Å². The number of carbonyl (C=O) groups is 3. The molecule has 4 saturated carbocycles. The zero-order valence-corrected chi connectivity index (χ0v) is 24.0. The van der Waals surface area contributed by atoms with E-state index in [1.165, 1.54) is 20.1 Å². The Bertz CT molecular complexity index is 1290. The van der Waals surface area contributed by atoms with E-state index < -0.39 is 87.5 Å². The van der Waals surface area contributed by atoms with Crippen molar-refractivity contribution in [2.45, 2.75) is 84.2 Å². The van der Waals surface area contributed by atoms with Crippen LogP contribution >= 0.6 is 0 Å². The van der Waals surface area contributed by atoms with Crippen molar-refractivity contribution in [3.05, 3.63) is 24.2 Å². The first-order valence-electron chi connectivity index (χ1n) is 14.3. The van der Waals surface area contributed by atoms with Crippen LogP contribution in [0.15, 0.2) is 28.2 Å². The number of fused-ring (bicyclic) bond motifs is 3. The lowest BCUT2D eigenvalue weighted by Gasteiger charge is -2.72. The van der Waals surface area contributed by atoms with Crippen LogP contribution in [0.2, 0.25) is 0 Å². The average molecular weight is 574 g/mol. The van der Waals surface area contributed by atoms with Gasteiger partial charge in [-0.15, -0.1) is 0 Å². The summed E-state index contributed by atoms with van der Waals surface area (Å²) in [6.45, 7) is 8.45. The highest BCUT2D eigenvalue weighted by Crippen LogP contribution is 2.75. The van der Waals surface area contributed by atoms with E-state index in [9.17, 15) is 29.8 Å². The first-order chi connectivity index (χ1) is 19.3. The van der Waals surface area contributed by atoms with Crippen molar-refractivity contribution in [1.29, 1.82) is 0 Å². The van der Waals surface area contributed by atoms with E-state index in [1.807, 2.05) is 20.8 Å². The van der Waals surface area contributed by atoms with E-state index >= 15 is 0 Å². The van der Waals surface area contributed by atoms with Gasteiger partial charge < -0.3 is 34.0 Å². The average Bonchev–Trinajstić information content (AvgIpc) is 3.52. The molecule has 0 spiro atoms. The summed E-state index contributed by atoms with van der Waals surface area (Å²) < 4.78 is 23.1. The Balaban J connectivity index is 1.58. The van der Waals surface area contributed by atoms with Gasteiger partial charge in [0.1, 0.15) is 6.10 Å². The smallest absolute Gasteiger partial charge is 0.303 e. The normalized spacial score (nSPS) is 49.5. The molecular weight excluding hydrogens is 534 g/mol. The number of nitrogens with zero attached hydrogens (tertiary/aromatic N) is 1. The Morgan fingerprint density at radius 2 is 1.71 bits per heavy atom. The van der Waals surface area contributed by atoms with E-state index in [-0.39, 0.29) is 32.5 Å². The van der Waals surface area contributed by atoms with Crippen LogP contribution in [0.5, 0.6) is 0 Å². The molecule has 11 heteroatoms. The summed E-state index contributed by atoms with van der Waals surface area (Å²) in [4.78, 5) is 39.6. The van der Waals surface area contributed by atoms with Gasteiger partial charge in [0.25, 0.3) is 0 Å². The van der Waals surface area contributed by atoms with E-state index in [0.29, 0.717) is 5.71 Å². The van der Waals surface area contributed by atoms with Crippen LogP contribution in [-0.4, -0.2) is 76.5 Å². The molecular formula is C30H39NO10. The number of aliphatic hydroxyl groups excluding tert-OH is 2. The molecule has 0 amide bonds. The number of Topliss-reactive ketones (excluding diaryl/α,β-unsaturated/α-hetero) is 1. The minimum atomic E-state index is -1.26. The van der Waals surface area contributed by atoms with E-state index in [2.05, 4.69) is 5.16 Å². The second kappa shape index (κ2) is 9.12. The number of ketones is 1. The van der Waals surface area contributed by atoms with E-state index in [0.717, 1.165) is 5.56 Å². The maximum absolute atomic E-state index is 15.0. The second-order valence-corrected chi connectivity index (χ2v) is 13.7. The summed E-state index contributed by atoms with van der Waals surface area (Å²) in [5.41, 5.74) is -3.10. The largest absolute Gasteiger partial charge is 0.472 e. The molecule has 41 heavy (non-hydrogen) atoms. The van der Waals surface area contributed by atoms with E-state index in [4.69, 9.17) is 18.6 Å². The number of esters is 2. The molecule has 1 saturated heterocycles. The zero-order valence-electron chi connectivity index (χ0n) is 24.0. The molecule has 1 aromatic rings. The van der Waals surface area contributed by atoms with Crippen LogP contribution in [0.3, 0.4) is 0 Å². The molecule has 2 heterocycles. The zero-order chi connectivity index (χ0) is 29.7. The van der Waals surface area contributed by atoms with Crippen molar-refractivity contribution in [3.8, 4) is 0 Å². The van der Waals surface area contributed by atoms with Gasteiger partial charge >= 0.3 is 11.9 Å². The molecule has 224 valence electrons. The van der Waals surface area contributed by atoms with Crippen LogP contribution in [-0.2, 0) is 28.6 Å². The van der Waals surface area contributed by atoms with Crippen molar-refractivity contribution < 1.29 is 48.4 Å². The third kappa shape index (κ3) is 3.42. The van der Waals surface area contributed by atoms with Crippen molar-refractivity contribution in [3.63, 3.8) is 0 Å². The number of furan rings is 1. The number of hydrogen-bond acceptors (Lipinski definition) is 11. The minimum absolute atomic E-state index is 0.0485. The molecule has 1 aromatic heterocycles. The summed E-state index contributed by atoms with van der Waals surface area (Å²) in [5.74, 6) is -4.08. The first kappa shape index (κ1) is 28.4. The summed E-state index contributed by atoms with van der Waals surface area (Å²) >= 11 is 0. The van der Waals surface area contributed by atoms with Crippen molar-refractivity contribution in [1.82, 2.24) is 0 Å². The summed E-state index contributed by atoms with van der Waals surface area (Å²) in [5, 5.41) is 38.2. The molecule has 5 fully saturated rings. The fraction of sp³-hybridized carbons (Fsp3) is 0.733. The Morgan fingerprint density at radius 1 is 1.00 bits per heavy atom. The molecule has 12 atom stereocenters. The molecule has 11 nitrogen and oxygen atoms in total. The van der Waals surface area contributed by atoms with Crippen LogP contribution in [0.1, 0.15) is 65.4 Å².